The van der Waals surface area contributed by atoms with Gasteiger partial charge in [0.25, 0.3) is 11.6 Å². The largest absolute Gasteiger partial charge is 0.493 e. The molecule has 35 heavy (non-hydrogen) atoms. The molecule has 3 aromatic carbocycles. The average molecular weight is 495 g/mol. The van der Waals surface area contributed by atoms with Gasteiger partial charge in [-0.1, -0.05) is 23.7 Å². The Balaban J connectivity index is 1.47. The van der Waals surface area contributed by atoms with Gasteiger partial charge in [-0.05, 0) is 42.5 Å². The van der Waals surface area contributed by atoms with Crippen LogP contribution in [0, 0.1) is 10.1 Å². The van der Waals surface area contributed by atoms with Crippen molar-refractivity contribution < 1.29 is 23.9 Å². The quantitative estimate of drug-likeness (QED) is 0.240. The van der Waals surface area contributed by atoms with Crippen LogP contribution in [-0.2, 0) is 6.73 Å². The van der Waals surface area contributed by atoms with E-state index in [1.807, 2.05) is 0 Å². The minimum absolute atomic E-state index is 0.0720. The van der Waals surface area contributed by atoms with Crippen LogP contribution >= 0.6 is 11.6 Å². The van der Waals surface area contributed by atoms with Crippen LogP contribution in [0.5, 0.6) is 23.0 Å². The van der Waals surface area contributed by atoms with Gasteiger partial charge in [-0.25, -0.2) is 4.68 Å². The van der Waals surface area contributed by atoms with Gasteiger partial charge in [0.1, 0.15) is 11.5 Å². The maximum atomic E-state index is 12.7. The number of hydrogen-bond donors (Lipinski definition) is 1. The third-order valence-electron chi connectivity index (χ3n) is 4.71. The summed E-state index contributed by atoms with van der Waals surface area (Å²) in [5.41, 5.74) is 0.0130. The fraction of sp³-hybridized carbons (Fsp3) is 0.0833. The van der Waals surface area contributed by atoms with Crippen LogP contribution < -0.4 is 19.5 Å². The lowest BCUT2D eigenvalue weighted by molar-refractivity contribution is -0.384. The number of rotatable bonds is 9. The first-order valence-electron chi connectivity index (χ1n) is 10.2. The van der Waals surface area contributed by atoms with Gasteiger partial charge in [0.15, 0.2) is 23.9 Å². The molecule has 0 bridgehead atoms. The van der Waals surface area contributed by atoms with E-state index < -0.39 is 10.8 Å². The summed E-state index contributed by atoms with van der Waals surface area (Å²) in [6.07, 6.45) is 1.58. The van der Waals surface area contributed by atoms with Crippen LogP contribution in [0.1, 0.15) is 10.5 Å². The molecule has 0 unspecified atom stereocenters. The van der Waals surface area contributed by atoms with E-state index in [0.717, 1.165) is 0 Å². The zero-order valence-electron chi connectivity index (χ0n) is 18.4. The smallest absolute Gasteiger partial charge is 0.276 e. The Kier molecular flexibility index (Phi) is 7.12. The molecule has 0 radical (unpaired) electrons. The Hall–Kier alpha value is -4.57. The Labute approximate surface area is 204 Å². The van der Waals surface area contributed by atoms with Crippen molar-refractivity contribution in [2.45, 2.75) is 6.73 Å². The number of anilines is 1. The first kappa shape index (κ1) is 23.6. The number of aromatic nitrogens is 2. The summed E-state index contributed by atoms with van der Waals surface area (Å²) in [4.78, 5) is 23.6. The fourth-order valence-corrected chi connectivity index (χ4v) is 3.20. The second-order valence-corrected chi connectivity index (χ2v) is 7.58. The minimum Gasteiger partial charge on any atom is -0.493 e. The van der Waals surface area contributed by atoms with E-state index in [9.17, 15) is 14.9 Å². The van der Waals surface area contributed by atoms with Crippen LogP contribution in [0.15, 0.2) is 79.0 Å². The van der Waals surface area contributed by atoms with Crippen molar-refractivity contribution in [2.24, 2.45) is 0 Å². The summed E-state index contributed by atoms with van der Waals surface area (Å²) in [7, 11) is 1.49. The van der Waals surface area contributed by atoms with Crippen molar-refractivity contribution >= 4 is 28.9 Å². The van der Waals surface area contributed by atoms with E-state index in [4.69, 9.17) is 25.8 Å². The summed E-state index contributed by atoms with van der Waals surface area (Å²) < 4.78 is 18.1. The van der Waals surface area contributed by atoms with Gasteiger partial charge in [-0.15, -0.1) is 0 Å². The first-order valence-corrected chi connectivity index (χ1v) is 10.6. The number of nitrogens with zero attached hydrogens (tertiary/aromatic N) is 3. The zero-order valence-corrected chi connectivity index (χ0v) is 19.1. The van der Waals surface area contributed by atoms with Gasteiger partial charge >= 0.3 is 0 Å². The molecule has 0 spiro atoms. The minimum atomic E-state index is -0.576. The Morgan fingerprint density at radius 3 is 2.51 bits per heavy atom. The fourth-order valence-electron chi connectivity index (χ4n) is 3.07. The zero-order chi connectivity index (χ0) is 24.8. The summed E-state index contributed by atoms with van der Waals surface area (Å²) in [5.74, 6) is 1.01. The number of para-hydroxylation sites is 2. The average Bonchev–Trinajstić information content (AvgIpc) is 3.33. The second kappa shape index (κ2) is 10.6. The molecule has 0 saturated carbocycles. The Morgan fingerprint density at radius 1 is 1.06 bits per heavy atom. The van der Waals surface area contributed by atoms with Gasteiger partial charge in [-0.2, -0.15) is 5.10 Å². The second-order valence-electron chi connectivity index (χ2n) is 7.15. The number of carbonyl (C=O) groups is 1. The SMILES string of the molecule is COc1ccccc1Oc1cc(NC(=O)c2ccn(COc3ccc(Cl)cc3)n2)cc([N+](=O)[O-])c1. The number of nitro groups is 1. The number of hydrogen-bond acceptors (Lipinski definition) is 7. The van der Waals surface area contributed by atoms with Crippen LogP contribution in [0.4, 0.5) is 11.4 Å². The highest BCUT2D eigenvalue weighted by molar-refractivity contribution is 6.30. The molecule has 1 N–H and O–H groups in total. The summed E-state index contributed by atoms with van der Waals surface area (Å²) in [6.45, 7) is 0.0720. The molecule has 1 amide bonds. The summed E-state index contributed by atoms with van der Waals surface area (Å²) in [5, 5.41) is 18.8. The molecule has 4 aromatic rings. The van der Waals surface area contributed by atoms with Gasteiger partial charge in [-0.3, -0.25) is 14.9 Å². The molecule has 0 saturated heterocycles. The van der Waals surface area contributed by atoms with Crippen molar-refractivity contribution in [3.8, 4) is 23.0 Å². The number of nitro benzene ring substituents is 1. The molecule has 0 fully saturated rings. The number of benzene rings is 3. The third kappa shape index (κ3) is 6.06. The molecular weight excluding hydrogens is 476 g/mol. The monoisotopic (exact) mass is 494 g/mol. The Morgan fingerprint density at radius 2 is 1.80 bits per heavy atom. The molecule has 178 valence electrons. The highest BCUT2D eigenvalue weighted by atomic mass is 35.5. The van der Waals surface area contributed by atoms with Crippen LogP contribution in [0.25, 0.3) is 0 Å². The molecule has 0 aliphatic rings. The van der Waals surface area contributed by atoms with E-state index in [0.29, 0.717) is 22.3 Å². The van der Waals surface area contributed by atoms with Crippen molar-refractivity contribution in [1.29, 1.82) is 0 Å². The molecule has 0 aliphatic heterocycles. The van der Waals surface area contributed by atoms with E-state index in [-0.39, 0.29) is 29.5 Å². The molecule has 10 nitrogen and oxygen atoms in total. The highest BCUT2D eigenvalue weighted by Crippen LogP contribution is 2.34. The number of halogens is 1. The lowest BCUT2D eigenvalue weighted by Gasteiger charge is -2.11. The molecule has 1 aromatic heterocycles. The molecule has 4 rings (SSSR count). The number of non-ortho nitro benzene ring substituents is 1. The van der Waals surface area contributed by atoms with Crippen molar-refractivity contribution in [1.82, 2.24) is 9.78 Å². The van der Waals surface area contributed by atoms with Gasteiger partial charge < -0.3 is 19.5 Å². The maximum absolute atomic E-state index is 12.7. The Bertz CT molecular complexity index is 1360. The van der Waals surface area contributed by atoms with Crippen molar-refractivity contribution in [3.63, 3.8) is 0 Å². The number of methoxy groups -OCH3 is 1. The summed E-state index contributed by atoms with van der Waals surface area (Å²) >= 11 is 5.86. The van der Waals surface area contributed by atoms with E-state index >= 15 is 0 Å². The topological polar surface area (TPSA) is 118 Å². The van der Waals surface area contributed by atoms with Crippen LogP contribution in [0.2, 0.25) is 5.02 Å². The predicted octanol–water partition coefficient (Wildman–Crippen LogP) is 5.53. The first-order chi connectivity index (χ1) is 16.9. The lowest BCUT2D eigenvalue weighted by Crippen LogP contribution is -2.14. The molecule has 1 heterocycles. The molecule has 0 aliphatic carbocycles. The predicted molar refractivity (Wildman–Crippen MR) is 128 cm³/mol. The van der Waals surface area contributed by atoms with Gasteiger partial charge in [0, 0.05) is 23.4 Å². The lowest BCUT2D eigenvalue weighted by atomic mass is 10.2. The van der Waals surface area contributed by atoms with Crippen LogP contribution in [0.3, 0.4) is 0 Å². The molecule has 11 heteroatoms. The highest BCUT2D eigenvalue weighted by Gasteiger charge is 2.16. The van der Waals surface area contributed by atoms with Crippen molar-refractivity contribution in [2.75, 3.05) is 12.4 Å². The number of carbonyl (C=O) groups excluding carboxylic acids is 1. The van der Waals surface area contributed by atoms with Crippen LogP contribution in [-0.4, -0.2) is 27.7 Å². The number of ether oxygens (including phenoxy) is 3. The van der Waals surface area contributed by atoms with Gasteiger partial charge in [0.05, 0.1) is 23.8 Å². The van der Waals surface area contributed by atoms with Gasteiger partial charge in [0.2, 0.25) is 0 Å². The number of nitrogens with one attached hydrogen (secondary N) is 1. The van der Waals surface area contributed by atoms with E-state index in [1.54, 1.807) is 54.7 Å². The summed E-state index contributed by atoms with van der Waals surface area (Å²) in [6, 6.07) is 19.2. The van der Waals surface area contributed by atoms with Crippen molar-refractivity contribution in [3.05, 3.63) is 99.8 Å². The van der Waals surface area contributed by atoms with E-state index in [2.05, 4.69) is 10.4 Å². The molecule has 0 atom stereocenters. The normalized spacial score (nSPS) is 10.5. The third-order valence-corrected chi connectivity index (χ3v) is 4.96. The number of amides is 1. The maximum Gasteiger partial charge on any atom is 0.276 e. The van der Waals surface area contributed by atoms with E-state index in [1.165, 1.54) is 36.1 Å². The molecular formula is C24H19ClN4O6. The standard InChI is InChI=1S/C24H19ClN4O6/c1-33-22-4-2-3-5-23(22)35-20-13-17(12-18(14-20)29(31)32)26-24(30)21-10-11-28(27-21)15-34-19-8-6-16(25)7-9-19/h2-14H,15H2,1H3,(H,26,30).